The van der Waals surface area contributed by atoms with E-state index in [1.807, 2.05) is 23.1 Å². The zero-order valence-electron chi connectivity index (χ0n) is 18.8. The summed E-state index contributed by atoms with van der Waals surface area (Å²) < 4.78 is 30.6. The summed E-state index contributed by atoms with van der Waals surface area (Å²) in [6, 6.07) is 10.2. The maximum atomic E-state index is 14.4. The van der Waals surface area contributed by atoms with Crippen molar-refractivity contribution < 1.29 is 28.5 Å². The van der Waals surface area contributed by atoms with Gasteiger partial charge in [-0.2, -0.15) is 0 Å². The molecule has 1 atom stereocenters. The average Bonchev–Trinajstić information content (AvgIpc) is 2.79. The lowest BCUT2D eigenvalue weighted by Crippen LogP contribution is -2.49. The highest BCUT2D eigenvalue weighted by Gasteiger charge is 2.22. The van der Waals surface area contributed by atoms with Crippen LogP contribution in [-0.2, 0) is 11.3 Å². The largest absolute Gasteiger partial charge is 0.493 e. The molecule has 0 amide bonds. The molecule has 2 aromatic carbocycles. The Kier molecular flexibility index (Phi) is 8.44. The summed E-state index contributed by atoms with van der Waals surface area (Å²) in [4.78, 5) is 15.5. The minimum absolute atomic E-state index is 0.150. The van der Waals surface area contributed by atoms with Crippen LogP contribution in [0.3, 0.4) is 0 Å². The minimum atomic E-state index is -0.617. The SMILES string of the molecule is COc1ccc(COC[C@H](O)CN2CCN(c3ccc(C(C)=O)cc3F)CC2)cc1OC. The third-order valence-electron chi connectivity index (χ3n) is 5.56. The summed E-state index contributed by atoms with van der Waals surface area (Å²) in [6.45, 7) is 5.21. The first-order valence-electron chi connectivity index (χ1n) is 10.7. The Hall–Kier alpha value is -2.68. The van der Waals surface area contributed by atoms with E-state index < -0.39 is 6.10 Å². The molecule has 0 unspecified atom stereocenters. The normalized spacial score (nSPS) is 15.5. The molecule has 8 heteroatoms. The summed E-state index contributed by atoms with van der Waals surface area (Å²) in [5.74, 6) is 0.766. The monoisotopic (exact) mass is 446 g/mol. The Bertz CT molecular complexity index is 915. The molecule has 1 heterocycles. The quantitative estimate of drug-likeness (QED) is 0.563. The second-order valence-corrected chi connectivity index (χ2v) is 7.87. The molecule has 0 bridgehead atoms. The molecule has 0 spiro atoms. The fourth-order valence-electron chi connectivity index (χ4n) is 3.79. The van der Waals surface area contributed by atoms with Crippen molar-refractivity contribution in [3.8, 4) is 11.5 Å². The zero-order valence-corrected chi connectivity index (χ0v) is 18.8. The highest BCUT2D eigenvalue weighted by atomic mass is 19.1. The third kappa shape index (κ3) is 6.18. The molecular weight excluding hydrogens is 415 g/mol. The number of halogens is 1. The predicted molar refractivity (Wildman–Crippen MR) is 120 cm³/mol. The second-order valence-electron chi connectivity index (χ2n) is 7.87. The third-order valence-corrected chi connectivity index (χ3v) is 5.56. The van der Waals surface area contributed by atoms with Crippen LogP contribution in [-0.4, -0.2) is 75.4 Å². The van der Waals surface area contributed by atoms with Crippen molar-refractivity contribution in [1.29, 1.82) is 0 Å². The standard InChI is InChI=1S/C24H31FN2O5/c1-17(28)19-5-6-22(21(25)13-19)27-10-8-26(9-11-27)14-20(29)16-32-15-18-4-7-23(30-2)24(12-18)31-3/h4-7,12-13,20,29H,8-11,14-16H2,1-3H3/t20-/m1/s1. The highest BCUT2D eigenvalue weighted by molar-refractivity contribution is 5.94. The fourth-order valence-corrected chi connectivity index (χ4v) is 3.79. The maximum Gasteiger partial charge on any atom is 0.161 e. The molecule has 7 nitrogen and oxygen atoms in total. The molecule has 2 aromatic rings. The number of carbonyl (C=O) groups is 1. The molecule has 1 N–H and O–H groups in total. The topological polar surface area (TPSA) is 71.5 Å². The van der Waals surface area contributed by atoms with E-state index >= 15 is 0 Å². The molecule has 1 aliphatic rings. The van der Waals surface area contributed by atoms with Crippen LogP contribution in [0.25, 0.3) is 0 Å². The van der Waals surface area contributed by atoms with Gasteiger partial charge >= 0.3 is 0 Å². The summed E-state index contributed by atoms with van der Waals surface area (Å²) in [5.41, 5.74) is 1.82. The molecule has 0 saturated carbocycles. The van der Waals surface area contributed by atoms with E-state index in [0.29, 0.717) is 62.1 Å². The molecule has 3 rings (SSSR count). The Morgan fingerprint density at radius 1 is 1.06 bits per heavy atom. The number of Topliss-reactive ketones (excluding diaryl/α,β-unsaturated/α-hetero) is 1. The van der Waals surface area contributed by atoms with E-state index in [4.69, 9.17) is 14.2 Å². The number of piperazine rings is 1. The van der Waals surface area contributed by atoms with Crippen molar-refractivity contribution in [3.63, 3.8) is 0 Å². The maximum absolute atomic E-state index is 14.4. The number of benzene rings is 2. The summed E-state index contributed by atoms with van der Waals surface area (Å²) >= 11 is 0. The smallest absolute Gasteiger partial charge is 0.161 e. The first kappa shape index (κ1) is 24.0. The molecule has 1 fully saturated rings. The Morgan fingerprint density at radius 3 is 2.41 bits per heavy atom. The van der Waals surface area contributed by atoms with Gasteiger partial charge in [0.2, 0.25) is 0 Å². The van der Waals surface area contributed by atoms with Crippen LogP contribution in [0.2, 0.25) is 0 Å². The van der Waals surface area contributed by atoms with E-state index in [1.54, 1.807) is 26.4 Å². The number of ketones is 1. The van der Waals surface area contributed by atoms with Gasteiger partial charge in [-0.05, 0) is 42.8 Å². The molecule has 1 saturated heterocycles. The van der Waals surface area contributed by atoms with Crippen molar-refractivity contribution in [3.05, 3.63) is 53.3 Å². The number of carbonyl (C=O) groups excluding carboxylic acids is 1. The number of methoxy groups -OCH3 is 2. The van der Waals surface area contributed by atoms with Crippen molar-refractivity contribution in [2.24, 2.45) is 0 Å². The van der Waals surface area contributed by atoms with Gasteiger partial charge in [-0.25, -0.2) is 4.39 Å². The van der Waals surface area contributed by atoms with Crippen LogP contribution >= 0.6 is 0 Å². The van der Waals surface area contributed by atoms with E-state index in [1.165, 1.54) is 13.0 Å². The predicted octanol–water partition coefficient (Wildman–Crippen LogP) is 2.75. The van der Waals surface area contributed by atoms with Gasteiger partial charge in [-0.1, -0.05) is 6.07 Å². The van der Waals surface area contributed by atoms with Crippen molar-refractivity contribution >= 4 is 11.5 Å². The van der Waals surface area contributed by atoms with Gasteiger partial charge in [0.05, 0.1) is 39.2 Å². The first-order valence-corrected chi connectivity index (χ1v) is 10.7. The molecule has 0 aromatic heterocycles. The van der Waals surface area contributed by atoms with Gasteiger partial charge in [0, 0.05) is 38.3 Å². The van der Waals surface area contributed by atoms with Gasteiger partial charge in [0.15, 0.2) is 17.3 Å². The number of β-amino-alcohol motifs (C(OH)–C–C–N with tert-alkyl or cyclic N) is 1. The molecule has 32 heavy (non-hydrogen) atoms. The van der Waals surface area contributed by atoms with Gasteiger partial charge in [-0.15, -0.1) is 0 Å². The fraction of sp³-hybridized carbons (Fsp3) is 0.458. The highest BCUT2D eigenvalue weighted by Crippen LogP contribution is 2.28. The van der Waals surface area contributed by atoms with Crippen molar-refractivity contribution in [2.45, 2.75) is 19.6 Å². The lowest BCUT2D eigenvalue weighted by Gasteiger charge is -2.37. The number of rotatable bonds is 10. The molecular formula is C24H31FN2O5. The number of hydrogen-bond acceptors (Lipinski definition) is 7. The summed E-state index contributed by atoms with van der Waals surface area (Å²) in [5, 5.41) is 10.4. The number of anilines is 1. The van der Waals surface area contributed by atoms with Gasteiger partial charge in [0.1, 0.15) is 5.82 Å². The van der Waals surface area contributed by atoms with E-state index in [9.17, 15) is 14.3 Å². The lowest BCUT2D eigenvalue weighted by molar-refractivity contribution is 0.00907. The number of nitrogens with zero attached hydrogens (tertiary/aromatic N) is 2. The molecule has 0 radical (unpaired) electrons. The summed E-state index contributed by atoms with van der Waals surface area (Å²) in [6.07, 6.45) is -0.617. The van der Waals surface area contributed by atoms with Gasteiger partial charge < -0.3 is 24.2 Å². The summed E-state index contributed by atoms with van der Waals surface area (Å²) in [7, 11) is 3.17. The minimum Gasteiger partial charge on any atom is -0.493 e. The average molecular weight is 447 g/mol. The first-order chi connectivity index (χ1) is 15.4. The number of hydrogen-bond donors (Lipinski definition) is 1. The zero-order chi connectivity index (χ0) is 23.1. The van der Waals surface area contributed by atoms with Crippen LogP contribution in [0.5, 0.6) is 11.5 Å². The number of aliphatic hydroxyl groups excluding tert-OH is 1. The Morgan fingerprint density at radius 2 is 1.78 bits per heavy atom. The van der Waals surface area contributed by atoms with Crippen LogP contribution in [0.15, 0.2) is 36.4 Å². The van der Waals surface area contributed by atoms with E-state index in [0.717, 1.165) is 5.56 Å². The van der Waals surface area contributed by atoms with Crippen molar-refractivity contribution in [1.82, 2.24) is 4.90 Å². The van der Waals surface area contributed by atoms with Gasteiger partial charge in [0.25, 0.3) is 0 Å². The van der Waals surface area contributed by atoms with Crippen LogP contribution in [0.4, 0.5) is 10.1 Å². The molecule has 1 aliphatic heterocycles. The van der Waals surface area contributed by atoms with Crippen LogP contribution in [0, 0.1) is 5.82 Å². The van der Waals surface area contributed by atoms with Gasteiger partial charge in [-0.3, -0.25) is 9.69 Å². The van der Waals surface area contributed by atoms with E-state index in [2.05, 4.69) is 4.90 Å². The second kappa shape index (κ2) is 11.3. The van der Waals surface area contributed by atoms with E-state index in [-0.39, 0.29) is 18.2 Å². The Balaban J connectivity index is 1.42. The molecule has 174 valence electrons. The lowest BCUT2D eigenvalue weighted by atomic mass is 10.1. The number of ether oxygens (including phenoxy) is 3. The van der Waals surface area contributed by atoms with Crippen LogP contribution in [0.1, 0.15) is 22.8 Å². The number of aliphatic hydroxyl groups is 1. The van der Waals surface area contributed by atoms with Crippen molar-refractivity contribution in [2.75, 3.05) is 58.5 Å². The molecule has 0 aliphatic carbocycles. The van der Waals surface area contributed by atoms with Crippen LogP contribution < -0.4 is 14.4 Å². The Labute approximate surface area is 188 Å².